The summed E-state index contributed by atoms with van der Waals surface area (Å²) >= 11 is 0. The van der Waals surface area contributed by atoms with E-state index >= 15 is 0 Å². The van der Waals surface area contributed by atoms with Crippen LogP contribution in [0.25, 0.3) is 0 Å². The maximum absolute atomic E-state index is 10.9. The van der Waals surface area contributed by atoms with Crippen LogP contribution in [0, 0.1) is 10.1 Å². The maximum atomic E-state index is 10.9. The van der Waals surface area contributed by atoms with Gasteiger partial charge in [0.1, 0.15) is 0 Å². The minimum atomic E-state index is -2.08. The van der Waals surface area contributed by atoms with Crippen LogP contribution in [0.5, 0.6) is 0 Å². The number of benzene rings is 1. The van der Waals surface area contributed by atoms with Crippen LogP contribution in [-0.2, 0) is 10.4 Å². The van der Waals surface area contributed by atoms with Gasteiger partial charge >= 0.3 is 5.97 Å². The Morgan fingerprint density at radius 2 is 2.19 bits per heavy atom. The van der Waals surface area contributed by atoms with Crippen molar-refractivity contribution in [2.75, 3.05) is 0 Å². The summed E-state index contributed by atoms with van der Waals surface area (Å²) in [6.07, 6.45) is -0.0660. The molecule has 0 saturated heterocycles. The lowest BCUT2D eigenvalue weighted by molar-refractivity contribution is -0.385. The molecule has 16 heavy (non-hydrogen) atoms. The Morgan fingerprint density at radius 1 is 1.56 bits per heavy atom. The van der Waals surface area contributed by atoms with Gasteiger partial charge in [-0.2, -0.15) is 0 Å². The molecule has 0 saturated carbocycles. The fourth-order valence-corrected chi connectivity index (χ4v) is 1.36. The third-order valence-electron chi connectivity index (χ3n) is 2.40. The molecule has 0 fully saturated rings. The van der Waals surface area contributed by atoms with E-state index in [-0.39, 0.29) is 17.7 Å². The monoisotopic (exact) mass is 225 g/mol. The van der Waals surface area contributed by atoms with Crippen LogP contribution in [0.15, 0.2) is 24.3 Å². The van der Waals surface area contributed by atoms with Crippen LogP contribution >= 0.6 is 0 Å². The van der Waals surface area contributed by atoms with Crippen LogP contribution in [0.3, 0.4) is 0 Å². The molecule has 0 heterocycles. The molecule has 0 amide bonds. The van der Waals surface area contributed by atoms with Crippen molar-refractivity contribution < 1.29 is 19.9 Å². The summed E-state index contributed by atoms with van der Waals surface area (Å²) in [4.78, 5) is 20.8. The average Bonchev–Trinajstić information content (AvgIpc) is 2.27. The first-order valence-corrected chi connectivity index (χ1v) is 4.62. The molecule has 0 bridgehead atoms. The van der Waals surface area contributed by atoms with Gasteiger partial charge in [0, 0.05) is 17.7 Å². The standard InChI is InChI=1S/C10H11NO5/c1-2-10(14,9(12)13)7-4-3-5-8(6-7)11(15)16/h3-6,14H,2H2,1H3,(H,12,13). The smallest absolute Gasteiger partial charge is 0.340 e. The van der Waals surface area contributed by atoms with Crippen molar-refractivity contribution in [3.05, 3.63) is 39.9 Å². The van der Waals surface area contributed by atoms with Gasteiger partial charge in [-0.3, -0.25) is 10.1 Å². The van der Waals surface area contributed by atoms with Crippen molar-refractivity contribution in [3.8, 4) is 0 Å². The molecule has 0 radical (unpaired) electrons. The van der Waals surface area contributed by atoms with E-state index in [4.69, 9.17) is 5.11 Å². The summed E-state index contributed by atoms with van der Waals surface area (Å²) in [6, 6.07) is 5.00. The second-order valence-electron chi connectivity index (χ2n) is 3.33. The van der Waals surface area contributed by atoms with Gasteiger partial charge < -0.3 is 10.2 Å². The van der Waals surface area contributed by atoms with Crippen molar-refractivity contribution in [2.45, 2.75) is 18.9 Å². The molecular formula is C10H11NO5. The topological polar surface area (TPSA) is 101 Å². The van der Waals surface area contributed by atoms with E-state index in [1.165, 1.54) is 25.1 Å². The quantitative estimate of drug-likeness (QED) is 0.593. The summed E-state index contributed by atoms with van der Waals surface area (Å²) in [6.45, 7) is 1.49. The molecule has 2 N–H and O–H groups in total. The number of carboxylic acid groups (broad SMARTS) is 1. The Hall–Kier alpha value is -1.95. The largest absolute Gasteiger partial charge is 0.479 e. The first-order valence-electron chi connectivity index (χ1n) is 4.62. The van der Waals surface area contributed by atoms with Gasteiger partial charge in [-0.25, -0.2) is 4.79 Å². The van der Waals surface area contributed by atoms with E-state index in [9.17, 15) is 20.0 Å². The van der Waals surface area contributed by atoms with E-state index < -0.39 is 16.5 Å². The highest BCUT2D eigenvalue weighted by molar-refractivity contribution is 5.79. The van der Waals surface area contributed by atoms with Crippen molar-refractivity contribution in [2.24, 2.45) is 0 Å². The molecular weight excluding hydrogens is 214 g/mol. The van der Waals surface area contributed by atoms with Gasteiger partial charge in [0.05, 0.1) is 4.92 Å². The number of carbonyl (C=O) groups is 1. The molecule has 0 spiro atoms. The fraction of sp³-hybridized carbons (Fsp3) is 0.300. The zero-order valence-electron chi connectivity index (χ0n) is 8.58. The van der Waals surface area contributed by atoms with Gasteiger partial charge in [-0.15, -0.1) is 0 Å². The lowest BCUT2D eigenvalue weighted by atomic mass is 9.91. The van der Waals surface area contributed by atoms with Crippen molar-refractivity contribution >= 4 is 11.7 Å². The number of aliphatic hydroxyl groups is 1. The molecule has 0 aromatic heterocycles. The molecule has 0 aliphatic heterocycles. The highest BCUT2D eigenvalue weighted by atomic mass is 16.6. The highest BCUT2D eigenvalue weighted by Gasteiger charge is 2.36. The zero-order chi connectivity index (χ0) is 12.3. The molecule has 1 unspecified atom stereocenters. The minimum Gasteiger partial charge on any atom is -0.479 e. The van der Waals surface area contributed by atoms with Crippen molar-refractivity contribution in [1.82, 2.24) is 0 Å². The second-order valence-corrected chi connectivity index (χ2v) is 3.33. The van der Waals surface area contributed by atoms with E-state index in [1.54, 1.807) is 0 Å². The van der Waals surface area contributed by atoms with Crippen LogP contribution in [0.1, 0.15) is 18.9 Å². The molecule has 1 atom stereocenters. The van der Waals surface area contributed by atoms with E-state index in [0.717, 1.165) is 6.07 Å². The number of rotatable bonds is 4. The molecule has 0 aliphatic carbocycles. The number of nitro benzene ring substituents is 1. The lowest BCUT2D eigenvalue weighted by Gasteiger charge is -2.21. The van der Waals surface area contributed by atoms with Gasteiger partial charge in [-0.05, 0) is 6.42 Å². The molecule has 0 aliphatic rings. The van der Waals surface area contributed by atoms with Crippen LogP contribution in [-0.4, -0.2) is 21.1 Å². The highest BCUT2D eigenvalue weighted by Crippen LogP contribution is 2.27. The lowest BCUT2D eigenvalue weighted by Crippen LogP contribution is -2.34. The van der Waals surface area contributed by atoms with Crippen LogP contribution in [0.2, 0.25) is 0 Å². The molecule has 6 nitrogen and oxygen atoms in total. The van der Waals surface area contributed by atoms with E-state index in [0.29, 0.717) is 0 Å². The zero-order valence-corrected chi connectivity index (χ0v) is 8.58. The number of hydrogen-bond donors (Lipinski definition) is 2. The summed E-state index contributed by atoms with van der Waals surface area (Å²) < 4.78 is 0. The molecule has 86 valence electrons. The number of hydrogen-bond acceptors (Lipinski definition) is 4. The Morgan fingerprint density at radius 3 is 2.62 bits per heavy atom. The molecule has 1 rings (SSSR count). The minimum absolute atomic E-state index is 0.0108. The SMILES string of the molecule is CCC(O)(C(=O)O)c1cccc([N+](=O)[O-])c1. The summed E-state index contributed by atoms with van der Waals surface area (Å²) in [5.74, 6) is -1.42. The third-order valence-corrected chi connectivity index (χ3v) is 2.40. The Balaban J connectivity index is 3.26. The summed E-state index contributed by atoms with van der Waals surface area (Å²) in [7, 11) is 0. The predicted molar refractivity (Wildman–Crippen MR) is 54.9 cm³/mol. The first-order chi connectivity index (χ1) is 7.41. The Labute approximate surface area is 91.3 Å². The number of carboxylic acids is 1. The number of aliphatic carboxylic acids is 1. The Bertz CT molecular complexity index is 431. The number of nitrogens with zero attached hydrogens (tertiary/aromatic N) is 1. The number of nitro groups is 1. The van der Waals surface area contributed by atoms with Gasteiger partial charge in [0.2, 0.25) is 0 Å². The number of non-ortho nitro benzene ring substituents is 1. The predicted octanol–water partition coefficient (Wildman–Crippen LogP) is 1.28. The first kappa shape index (κ1) is 12.1. The molecule has 1 aromatic carbocycles. The maximum Gasteiger partial charge on any atom is 0.340 e. The van der Waals surface area contributed by atoms with Crippen LogP contribution < -0.4 is 0 Å². The summed E-state index contributed by atoms with van der Waals surface area (Å²) in [5, 5.41) is 29.3. The average molecular weight is 225 g/mol. The fourth-order valence-electron chi connectivity index (χ4n) is 1.36. The van der Waals surface area contributed by atoms with E-state index in [2.05, 4.69) is 0 Å². The van der Waals surface area contributed by atoms with Crippen molar-refractivity contribution in [1.29, 1.82) is 0 Å². The second kappa shape index (κ2) is 4.28. The van der Waals surface area contributed by atoms with Crippen LogP contribution in [0.4, 0.5) is 5.69 Å². The normalized spacial score (nSPS) is 14.1. The molecule has 1 aromatic rings. The third kappa shape index (κ3) is 2.01. The van der Waals surface area contributed by atoms with Gasteiger partial charge in [-0.1, -0.05) is 19.1 Å². The van der Waals surface area contributed by atoms with Gasteiger partial charge in [0.15, 0.2) is 5.60 Å². The summed E-state index contributed by atoms with van der Waals surface area (Å²) in [5.41, 5.74) is -2.31. The van der Waals surface area contributed by atoms with Gasteiger partial charge in [0.25, 0.3) is 5.69 Å². The van der Waals surface area contributed by atoms with E-state index in [1.807, 2.05) is 0 Å². The van der Waals surface area contributed by atoms with Crippen molar-refractivity contribution in [3.63, 3.8) is 0 Å². The Kier molecular flexibility index (Phi) is 3.24. The molecule has 6 heteroatoms.